The van der Waals surface area contributed by atoms with Crippen molar-refractivity contribution < 1.29 is 18.0 Å². The number of benzene rings is 4. The average molecular weight is 683 g/mol. The summed E-state index contributed by atoms with van der Waals surface area (Å²) >= 11 is 9.76. The van der Waals surface area contributed by atoms with Crippen molar-refractivity contribution in [2.75, 3.05) is 17.9 Å². The quantitative estimate of drug-likeness (QED) is 0.201. The van der Waals surface area contributed by atoms with Gasteiger partial charge in [0, 0.05) is 29.5 Å². The van der Waals surface area contributed by atoms with Gasteiger partial charge in [0.2, 0.25) is 11.8 Å². The number of rotatable bonds is 11. The lowest BCUT2D eigenvalue weighted by Gasteiger charge is -2.34. The fourth-order valence-corrected chi connectivity index (χ4v) is 6.61. The van der Waals surface area contributed by atoms with Crippen molar-refractivity contribution in [3.8, 4) is 0 Å². The highest BCUT2D eigenvalue weighted by molar-refractivity contribution is 9.10. The van der Waals surface area contributed by atoms with Crippen molar-refractivity contribution in [1.29, 1.82) is 0 Å². The molecule has 0 aliphatic rings. The van der Waals surface area contributed by atoms with Crippen LogP contribution in [0.2, 0.25) is 5.02 Å². The highest BCUT2D eigenvalue weighted by Gasteiger charge is 2.34. The molecule has 7 nitrogen and oxygen atoms in total. The van der Waals surface area contributed by atoms with Gasteiger partial charge in [0.15, 0.2) is 0 Å². The second-order valence-corrected chi connectivity index (χ2v) is 13.4. The number of carbonyl (C=O) groups excluding carboxylic acids is 2. The van der Waals surface area contributed by atoms with Crippen LogP contribution in [0.5, 0.6) is 0 Å². The van der Waals surface area contributed by atoms with E-state index in [1.807, 2.05) is 61.5 Å². The van der Waals surface area contributed by atoms with Gasteiger partial charge in [-0.25, -0.2) is 8.42 Å². The maximum absolute atomic E-state index is 14.4. The topological polar surface area (TPSA) is 86.8 Å². The van der Waals surface area contributed by atoms with E-state index in [-0.39, 0.29) is 29.5 Å². The van der Waals surface area contributed by atoms with Crippen molar-refractivity contribution >= 4 is 55.1 Å². The van der Waals surface area contributed by atoms with Gasteiger partial charge in [0.1, 0.15) is 12.6 Å². The Hall–Kier alpha value is -3.66. The second-order valence-electron chi connectivity index (χ2n) is 10.2. The van der Waals surface area contributed by atoms with Crippen LogP contribution in [0.3, 0.4) is 0 Å². The largest absolute Gasteiger partial charge is 0.357 e. The van der Waals surface area contributed by atoms with Gasteiger partial charge >= 0.3 is 0 Å². The number of hydrogen-bond acceptors (Lipinski definition) is 4. The Morgan fingerprint density at radius 3 is 2.16 bits per heavy atom. The van der Waals surface area contributed by atoms with E-state index in [0.717, 1.165) is 25.5 Å². The van der Waals surface area contributed by atoms with Crippen molar-refractivity contribution in [1.82, 2.24) is 10.2 Å². The molecule has 1 N–H and O–H groups in total. The van der Waals surface area contributed by atoms with Crippen LogP contribution in [0.4, 0.5) is 5.69 Å². The lowest BCUT2D eigenvalue weighted by Crippen LogP contribution is -2.53. The maximum Gasteiger partial charge on any atom is 0.264 e. The molecule has 0 bridgehead atoms. The van der Waals surface area contributed by atoms with Gasteiger partial charge in [-0.3, -0.25) is 13.9 Å². The number of carbonyl (C=O) groups is 2. The Morgan fingerprint density at radius 1 is 0.884 bits per heavy atom. The number of nitrogens with zero attached hydrogens (tertiary/aromatic N) is 2. The Bertz CT molecular complexity index is 1680. The van der Waals surface area contributed by atoms with E-state index in [0.29, 0.717) is 10.6 Å². The molecule has 10 heteroatoms. The first-order valence-corrected chi connectivity index (χ1v) is 16.3. The molecule has 4 rings (SSSR count). The molecule has 0 fully saturated rings. The molecule has 0 heterocycles. The number of nitrogens with one attached hydrogen (secondary N) is 1. The Morgan fingerprint density at radius 2 is 1.53 bits per heavy atom. The molecule has 224 valence electrons. The average Bonchev–Trinajstić information content (AvgIpc) is 3.00. The zero-order chi connectivity index (χ0) is 31.1. The number of halogens is 2. The molecule has 0 radical (unpaired) electrons. The smallest absolute Gasteiger partial charge is 0.264 e. The van der Waals surface area contributed by atoms with Crippen molar-refractivity contribution in [2.24, 2.45) is 0 Å². The fourth-order valence-electron chi connectivity index (χ4n) is 4.71. The summed E-state index contributed by atoms with van der Waals surface area (Å²) in [7, 11) is -2.69. The molecule has 2 amide bonds. The number of likely N-dealkylation sites (N-methyl/N-ethyl adjacent to an activating group) is 1. The Balaban J connectivity index is 1.81. The molecule has 0 aliphatic heterocycles. The minimum Gasteiger partial charge on any atom is -0.357 e. The summed E-state index contributed by atoms with van der Waals surface area (Å²) < 4.78 is 30.2. The van der Waals surface area contributed by atoms with E-state index in [1.54, 1.807) is 31.2 Å². The summed E-state index contributed by atoms with van der Waals surface area (Å²) in [6.07, 6.45) is 0.240. The van der Waals surface area contributed by atoms with Gasteiger partial charge in [-0.05, 0) is 66.9 Å². The molecule has 0 saturated carbocycles. The predicted molar refractivity (Wildman–Crippen MR) is 175 cm³/mol. The number of aryl methyl sites for hydroxylation is 2. The first-order chi connectivity index (χ1) is 20.5. The maximum atomic E-state index is 14.4. The van der Waals surface area contributed by atoms with Gasteiger partial charge in [-0.1, -0.05) is 93.8 Å². The molecular weight excluding hydrogens is 650 g/mol. The van der Waals surface area contributed by atoms with Crippen LogP contribution in [0.25, 0.3) is 0 Å². The zero-order valence-corrected chi connectivity index (χ0v) is 27.3. The molecule has 1 atom stereocenters. The van der Waals surface area contributed by atoms with E-state index in [2.05, 4.69) is 21.2 Å². The van der Waals surface area contributed by atoms with Crippen LogP contribution in [-0.4, -0.2) is 44.8 Å². The van der Waals surface area contributed by atoms with Crippen LogP contribution >= 0.6 is 27.5 Å². The lowest BCUT2D eigenvalue weighted by molar-refractivity contribution is -0.139. The predicted octanol–water partition coefficient (Wildman–Crippen LogP) is 6.30. The molecule has 0 aliphatic carbocycles. The molecule has 4 aromatic carbocycles. The van der Waals surface area contributed by atoms with Crippen LogP contribution in [0.1, 0.15) is 22.3 Å². The molecule has 0 aromatic heterocycles. The third-order valence-electron chi connectivity index (χ3n) is 7.11. The van der Waals surface area contributed by atoms with E-state index >= 15 is 0 Å². The van der Waals surface area contributed by atoms with Crippen LogP contribution < -0.4 is 9.62 Å². The molecule has 4 aromatic rings. The van der Waals surface area contributed by atoms with E-state index in [1.165, 1.54) is 30.1 Å². The summed E-state index contributed by atoms with van der Waals surface area (Å²) in [6, 6.07) is 27.3. The number of sulfonamides is 1. The van der Waals surface area contributed by atoms with Crippen LogP contribution in [-0.2, 0) is 32.6 Å². The number of hydrogen-bond donors (Lipinski definition) is 1. The SMILES string of the molecule is CNC(=O)[C@@H](Cc1ccccc1)N(Cc1ccc(Br)cc1)C(=O)CN(c1cc(Cl)ccc1C)S(=O)(=O)c1ccc(C)cc1. The second kappa shape index (κ2) is 14.2. The van der Waals surface area contributed by atoms with Gasteiger partial charge < -0.3 is 10.2 Å². The summed E-state index contributed by atoms with van der Waals surface area (Å²) in [5.41, 5.74) is 3.45. The highest BCUT2D eigenvalue weighted by atomic mass is 79.9. The monoisotopic (exact) mass is 681 g/mol. The normalized spacial score (nSPS) is 11.9. The lowest BCUT2D eigenvalue weighted by atomic mass is 10.0. The molecule has 0 unspecified atom stereocenters. The van der Waals surface area contributed by atoms with Gasteiger partial charge in [0.25, 0.3) is 10.0 Å². The van der Waals surface area contributed by atoms with Crippen molar-refractivity contribution in [3.63, 3.8) is 0 Å². The van der Waals surface area contributed by atoms with Crippen LogP contribution in [0, 0.1) is 13.8 Å². The third kappa shape index (κ3) is 8.04. The third-order valence-corrected chi connectivity index (χ3v) is 9.65. The summed E-state index contributed by atoms with van der Waals surface area (Å²) in [5.74, 6) is -0.899. The first kappa shape index (κ1) is 32.3. The van der Waals surface area contributed by atoms with Crippen LogP contribution in [0.15, 0.2) is 106 Å². The molecule has 43 heavy (non-hydrogen) atoms. The van der Waals surface area contributed by atoms with Gasteiger partial charge in [-0.15, -0.1) is 0 Å². The molecular formula is C33H33BrClN3O4S. The van der Waals surface area contributed by atoms with Crippen molar-refractivity contribution in [3.05, 3.63) is 129 Å². The minimum absolute atomic E-state index is 0.0388. The van der Waals surface area contributed by atoms with E-state index in [4.69, 9.17) is 11.6 Å². The van der Waals surface area contributed by atoms with Gasteiger partial charge in [-0.2, -0.15) is 0 Å². The molecule has 0 saturated heterocycles. The zero-order valence-electron chi connectivity index (χ0n) is 24.1. The van der Waals surface area contributed by atoms with E-state index in [9.17, 15) is 18.0 Å². The number of amides is 2. The molecule has 0 spiro atoms. The van der Waals surface area contributed by atoms with E-state index < -0.39 is 28.5 Å². The summed E-state index contributed by atoms with van der Waals surface area (Å²) in [5, 5.41) is 3.02. The first-order valence-electron chi connectivity index (χ1n) is 13.6. The summed E-state index contributed by atoms with van der Waals surface area (Å²) in [4.78, 5) is 29.2. The highest BCUT2D eigenvalue weighted by Crippen LogP contribution is 2.30. The Kier molecular flexibility index (Phi) is 10.7. The standard InChI is InChI=1S/C33H33BrClN3O4S/c1-23-9-17-29(18-10-23)43(41,42)38(30-20-28(35)16-11-24(30)2)22-32(39)37(21-26-12-14-27(34)15-13-26)31(33(40)36-3)19-25-7-5-4-6-8-25/h4-18,20,31H,19,21-22H2,1-3H3,(H,36,40)/t31-/m1/s1. The Labute approximate surface area is 266 Å². The minimum atomic E-state index is -4.21. The summed E-state index contributed by atoms with van der Waals surface area (Å²) in [6.45, 7) is 3.17. The van der Waals surface area contributed by atoms with Gasteiger partial charge in [0.05, 0.1) is 10.6 Å². The fraction of sp³-hybridized carbons (Fsp3) is 0.212. The number of anilines is 1. The van der Waals surface area contributed by atoms with Crippen molar-refractivity contribution in [2.45, 2.75) is 37.8 Å².